The summed E-state index contributed by atoms with van der Waals surface area (Å²) in [6, 6.07) is 12.0. The van der Waals surface area contributed by atoms with Crippen molar-refractivity contribution in [3.05, 3.63) is 61.2 Å². The lowest BCUT2D eigenvalue weighted by atomic mass is 10.1. The van der Waals surface area contributed by atoms with Gasteiger partial charge in [0.2, 0.25) is 5.88 Å². The molecule has 0 unspecified atom stereocenters. The van der Waals surface area contributed by atoms with E-state index in [2.05, 4.69) is 32.1 Å². The summed E-state index contributed by atoms with van der Waals surface area (Å²) in [5.74, 6) is 1.48. The Morgan fingerprint density at radius 2 is 1.62 bits per heavy atom. The molecule has 32 heavy (non-hydrogen) atoms. The second-order valence-electron chi connectivity index (χ2n) is 8.03. The smallest absolute Gasteiger partial charge is 0.212 e. The molecule has 0 spiro atoms. The number of benzene rings is 1. The molecule has 0 radical (unpaired) electrons. The molecule has 0 atom stereocenters. The van der Waals surface area contributed by atoms with Gasteiger partial charge in [0.25, 0.3) is 0 Å². The van der Waals surface area contributed by atoms with Crippen molar-refractivity contribution >= 4 is 5.65 Å². The minimum absolute atomic E-state index is 0.583. The van der Waals surface area contributed by atoms with Gasteiger partial charge in [0.15, 0.2) is 5.65 Å². The van der Waals surface area contributed by atoms with Crippen LogP contribution in [-0.2, 0) is 0 Å². The van der Waals surface area contributed by atoms with Gasteiger partial charge in [-0.15, -0.1) is 0 Å². The Balaban J connectivity index is 1.27. The summed E-state index contributed by atoms with van der Waals surface area (Å²) >= 11 is 0. The highest BCUT2D eigenvalue weighted by atomic mass is 16.5. The van der Waals surface area contributed by atoms with Crippen LogP contribution < -0.4 is 9.47 Å². The molecule has 7 nitrogen and oxygen atoms in total. The number of ether oxygens (including phenoxy) is 2. The number of hydrogen-bond donors (Lipinski definition) is 0. The lowest BCUT2D eigenvalue weighted by Gasteiger charge is -2.26. The SMILES string of the molecule is COc1ccc(-c2cnn3cc(-c4ccc(OCCN5CCCCC5)cc4)cnc23)cn1. The molecule has 164 valence electrons. The second-order valence-corrected chi connectivity index (χ2v) is 8.03. The topological polar surface area (TPSA) is 64.8 Å². The minimum atomic E-state index is 0.583. The first kappa shape index (κ1) is 20.5. The molecule has 4 heterocycles. The quantitative estimate of drug-likeness (QED) is 0.436. The third-order valence-electron chi connectivity index (χ3n) is 5.93. The van der Waals surface area contributed by atoms with Crippen LogP contribution in [0, 0.1) is 0 Å². The fourth-order valence-electron chi connectivity index (χ4n) is 4.11. The number of likely N-dealkylation sites (tertiary alicyclic amines) is 1. The number of piperidine rings is 1. The summed E-state index contributed by atoms with van der Waals surface area (Å²) in [5.41, 5.74) is 4.75. The number of nitrogens with zero attached hydrogens (tertiary/aromatic N) is 5. The van der Waals surface area contributed by atoms with Crippen molar-refractivity contribution in [1.82, 2.24) is 24.5 Å². The summed E-state index contributed by atoms with van der Waals surface area (Å²) in [5, 5.41) is 4.49. The molecule has 7 heteroatoms. The zero-order valence-electron chi connectivity index (χ0n) is 18.3. The first-order valence-corrected chi connectivity index (χ1v) is 11.1. The summed E-state index contributed by atoms with van der Waals surface area (Å²) < 4.78 is 12.9. The van der Waals surface area contributed by atoms with E-state index in [0.29, 0.717) is 5.88 Å². The van der Waals surface area contributed by atoms with Crippen molar-refractivity contribution in [1.29, 1.82) is 0 Å². The van der Waals surface area contributed by atoms with E-state index in [1.54, 1.807) is 17.8 Å². The van der Waals surface area contributed by atoms with E-state index >= 15 is 0 Å². The van der Waals surface area contributed by atoms with E-state index in [0.717, 1.165) is 46.8 Å². The fourth-order valence-corrected chi connectivity index (χ4v) is 4.11. The van der Waals surface area contributed by atoms with Crippen LogP contribution in [-0.4, -0.2) is 57.8 Å². The van der Waals surface area contributed by atoms with Crippen molar-refractivity contribution in [2.24, 2.45) is 0 Å². The number of methoxy groups -OCH3 is 1. The van der Waals surface area contributed by atoms with Crippen molar-refractivity contribution in [3.8, 4) is 33.9 Å². The first-order chi connectivity index (χ1) is 15.8. The molecular weight excluding hydrogens is 402 g/mol. The highest BCUT2D eigenvalue weighted by Gasteiger charge is 2.11. The number of rotatable bonds is 7. The third-order valence-corrected chi connectivity index (χ3v) is 5.93. The van der Waals surface area contributed by atoms with Gasteiger partial charge in [0, 0.05) is 47.9 Å². The van der Waals surface area contributed by atoms with Gasteiger partial charge < -0.3 is 9.47 Å². The fraction of sp³-hybridized carbons (Fsp3) is 0.320. The molecule has 3 aromatic heterocycles. The van der Waals surface area contributed by atoms with E-state index < -0.39 is 0 Å². The van der Waals surface area contributed by atoms with E-state index in [-0.39, 0.29) is 0 Å². The van der Waals surface area contributed by atoms with Crippen LogP contribution in [0.1, 0.15) is 19.3 Å². The normalized spacial score (nSPS) is 14.5. The highest BCUT2D eigenvalue weighted by molar-refractivity contribution is 5.77. The van der Waals surface area contributed by atoms with Gasteiger partial charge in [-0.3, -0.25) is 4.90 Å². The highest BCUT2D eigenvalue weighted by Crippen LogP contribution is 2.27. The maximum absolute atomic E-state index is 5.95. The van der Waals surface area contributed by atoms with Crippen LogP contribution >= 0.6 is 0 Å². The van der Waals surface area contributed by atoms with E-state index in [1.807, 2.05) is 42.9 Å². The molecule has 0 bridgehead atoms. The molecule has 1 aliphatic heterocycles. The van der Waals surface area contributed by atoms with Gasteiger partial charge in [0.05, 0.1) is 13.3 Å². The van der Waals surface area contributed by atoms with Crippen molar-refractivity contribution in [2.75, 3.05) is 33.4 Å². The van der Waals surface area contributed by atoms with Gasteiger partial charge in [0.1, 0.15) is 12.4 Å². The maximum atomic E-state index is 5.95. The number of pyridine rings is 1. The first-order valence-electron chi connectivity index (χ1n) is 11.1. The van der Waals surface area contributed by atoms with Crippen molar-refractivity contribution in [2.45, 2.75) is 19.3 Å². The Morgan fingerprint density at radius 1 is 0.844 bits per heavy atom. The number of hydrogen-bond acceptors (Lipinski definition) is 6. The van der Waals surface area contributed by atoms with Crippen LogP contribution in [0.3, 0.4) is 0 Å². The van der Waals surface area contributed by atoms with Gasteiger partial charge >= 0.3 is 0 Å². The largest absolute Gasteiger partial charge is 0.492 e. The number of fused-ring (bicyclic) bond motifs is 1. The summed E-state index contributed by atoms with van der Waals surface area (Å²) in [6.07, 6.45) is 11.4. The molecule has 0 saturated carbocycles. The lowest BCUT2D eigenvalue weighted by molar-refractivity contribution is 0.183. The Kier molecular flexibility index (Phi) is 5.98. The van der Waals surface area contributed by atoms with Gasteiger partial charge in [-0.1, -0.05) is 18.6 Å². The monoisotopic (exact) mass is 429 g/mol. The summed E-state index contributed by atoms with van der Waals surface area (Å²) in [7, 11) is 1.61. The molecule has 1 saturated heterocycles. The molecular formula is C25H27N5O2. The molecule has 1 fully saturated rings. The zero-order valence-corrected chi connectivity index (χ0v) is 18.3. The standard InChI is InChI=1S/C25H27N5O2/c1-31-24-10-7-20(15-26-24)23-17-28-30-18-21(16-27-25(23)30)19-5-8-22(9-6-19)32-14-13-29-11-3-2-4-12-29/h5-10,15-18H,2-4,11-14H2,1H3. The Labute approximate surface area is 187 Å². The molecule has 0 amide bonds. The van der Waals surface area contributed by atoms with Crippen LogP contribution in [0.15, 0.2) is 61.2 Å². The van der Waals surface area contributed by atoms with Crippen molar-refractivity contribution in [3.63, 3.8) is 0 Å². The molecule has 5 rings (SSSR count). The summed E-state index contributed by atoms with van der Waals surface area (Å²) in [4.78, 5) is 11.4. The molecule has 1 aliphatic rings. The van der Waals surface area contributed by atoms with E-state index in [4.69, 9.17) is 9.47 Å². The Bertz CT molecular complexity index is 1170. The lowest BCUT2D eigenvalue weighted by Crippen LogP contribution is -2.33. The van der Waals surface area contributed by atoms with E-state index in [9.17, 15) is 0 Å². The Morgan fingerprint density at radius 3 is 2.38 bits per heavy atom. The van der Waals surface area contributed by atoms with Crippen molar-refractivity contribution < 1.29 is 9.47 Å². The van der Waals surface area contributed by atoms with Crippen LogP contribution in [0.5, 0.6) is 11.6 Å². The van der Waals surface area contributed by atoms with Crippen LogP contribution in [0.2, 0.25) is 0 Å². The van der Waals surface area contributed by atoms with Gasteiger partial charge in [-0.2, -0.15) is 5.10 Å². The van der Waals surface area contributed by atoms with Crippen LogP contribution in [0.4, 0.5) is 0 Å². The second kappa shape index (κ2) is 9.36. The molecule has 1 aromatic carbocycles. The molecule has 4 aromatic rings. The average molecular weight is 430 g/mol. The molecule has 0 aliphatic carbocycles. The van der Waals surface area contributed by atoms with Gasteiger partial charge in [-0.25, -0.2) is 14.5 Å². The molecule has 0 N–H and O–H groups in total. The van der Waals surface area contributed by atoms with Crippen LogP contribution in [0.25, 0.3) is 27.9 Å². The van der Waals surface area contributed by atoms with Gasteiger partial charge in [-0.05, 0) is 49.7 Å². The minimum Gasteiger partial charge on any atom is -0.492 e. The Hall–Kier alpha value is -3.45. The zero-order chi connectivity index (χ0) is 21.8. The predicted octanol–water partition coefficient (Wildman–Crippen LogP) is 4.33. The predicted molar refractivity (Wildman–Crippen MR) is 124 cm³/mol. The number of aromatic nitrogens is 4. The maximum Gasteiger partial charge on any atom is 0.212 e. The van der Waals surface area contributed by atoms with E-state index in [1.165, 1.54) is 32.4 Å². The average Bonchev–Trinajstić information content (AvgIpc) is 3.28. The summed E-state index contributed by atoms with van der Waals surface area (Å²) in [6.45, 7) is 4.11. The third kappa shape index (κ3) is 4.43.